The van der Waals surface area contributed by atoms with E-state index >= 15 is 0 Å². The maximum Gasteiger partial charge on any atom is 0.182 e. The molecule has 6 nitrogen and oxygen atoms in total. The average Bonchev–Trinajstić information content (AvgIpc) is 3.08. The lowest BCUT2D eigenvalue weighted by Gasteiger charge is -2.13. The van der Waals surface area contributed by atoms with Gasteiger partial charge in [-0.15, -0.1) is 5.10 Å². The molecule has 3 rings (SSSR count). The van der Waals surface area contributed by atoms with Gasteiger partial charge in [-0.25, -0.2) is 4.68 Å². The summed E-state index contributed by atoms with van der Waals surface area (Å²) in [6, 6.07) is 5.63. The molecule has 1 fully saturated rings. The van der Waals surface area contributed by atoms with Crippen LogP contribution in [0.25, 0.3) is 11.4 Å². The highest BCUT2D eigenvalue weighted by Crippen LogP contribution is 2.50. The minimum Gasteiger partial charge on any atom is -0.495 e. The van der Waals surface area contributed by atoms with Crippen LogP contribution in [0, 0.1) is 5.41 Å². The minimum atomic E-state index is 0.391. The van der Waals surface area contributed by atoms with Gasteiger partial charge < -0.3 is 10.5 Å². The molecule has 0 aliphatic heterocycles. The monoisotopic (exact) mass is 273 g/mol. The lowest BCUT2D eigenvalue weighted by molar-refractivity contribution is 0.382. The summed E-state index contributed by atoms with van der Waals surface area (Å²) in [5.74, 6) is 1.43. The quantitative estimate of drug-likeness (QED) is 0.844. The Bertz CT molecular complexity index is 618. The topological polar surface area (TPSA) is 78.8 Å². The van der Waals surface area contributed by atoms with Gasteiger partial charge in [0, 0.05) is 5.56 Å². The smallest absolute Gasteiger partial charge is 0.182 e. The molecular weight excluding hydrogens is 254 g/mol. The number of ether oxygens (including phenoxy) is 1. The standard InChI is InChI=1S/C14H19N5O/c1-3-14(6-7-14)9-19-13(16-17-18-19)10-4-5-12(20-2)11(15)8-10/h4-5,8H,3,6-7,9,15H2,1-2H3. The van der Waals surface area contributed by atoms with E-state index in [1.165, 1.54) is 12.8 Å². The third-order valence-corrected chi connectivity index (χ3v) is 4.21. The average molecular weight is 273 g/mol. The largest absolute Gasteiger partial charge is 0.495 e. The molecule has 1 saturated carbocycles. The van der Waals surface area contributed by atoms with E-state index in [9.17, 15) is 0 Å². The van der Waals surface area contributed by atoms with Crippen LogP contribution >= 0.6 is 0 Å². The predicted molar refractivity (Wildman–Crippen MR) is 76.2 cm³/mol. The van der Waals surface area contributed by atoms with Crippen molar-refractivity contribution in [3.63, 3.8) is 0 Å². The maximum absolute atomic E-state index is 5.95. The summed E-state index contributed by atoms with van der Waals surface area (Å²) in [5.41, 5.74) is 7.85. The number of aromatic nitrogens is 4. The molecule has 1 aliphatic carbocycles. The van der Waals surface area contributed by atoms with Gasteiger partial charge >= 0.3 is 0 Å². The van der Waals surface area contributed by atoms with Gasteiger partial charge in [0.05, 0.1) is 19.3 Å². The van der Waals surface area contributed by atoms with Crippen LogP contribution < -0.4 is 10.5 Å². The molecule has 0 bridgehead atoms. The lowest BCUT2D eigenvalue weighted by Crippen LogP contribution is -2.13. The Labute approximate surface area is 117 Å². The van der Waals surface area contributed by atoms with E-state index in [0.29, 0.717) is 16.9 Å². The van der Waals surface area contributed by atoms with E-state index in [2.05, 4.69) is 22.4 Å². The van der Waals surface area contributed by atoms with E-state index in [-0.39, 0.29) is 0 Å². The van der Waals surface area contributed by atoms with Crippen molar-refractivity contribution < 1.29 is 4.74 Å². The summed E-state index contributed by atoms with van der Waals surface area (Å²) >= 11 is 0. The molecule has 0 saturated heterocycles. The fraction of sp³-hybridized carbons (Fsp3) is 0.500. The normalized spacial score (nSPS) is 16.1. The van der Waals surface area contributed by atoms with Crippen molar-refractivity contribution in [2.24, 2.45) is 5.41 Å². The second kappa shape index (κ2) is 4.77. The van der Waals surface area contributed by atoms with Crippen LogP contribution in [0.2, 0.25) is 0 Å². The molecule has 2 aromatic rings. The third-order valence-electron chi connectivity index (χ3n) is 4.21. The van der Waals surface area contributed by atoms with E-state index in [1.807, 2.05) is 22.9 Å². The third kappa shape index (κ3) is 2.21. The first-order valence-corrected chi connectivity index (χ1v) is 6.87. The number of hydrogen-bond donors (Lipinski definition) is 1. The Hall–Kier alpha value is -2.11. The van der Waals surface area contributed by atoms with E-state index in [1.54, 1.807) is 7.11 Å². The van der Waals surface area contributed by atoms with Crippen molar-refractivity contribution in [3.8, 4) is 17.1 Å². The van der Waals surface area contributed by atoms with E-state index in [4.69, 9.17) is 10.5 Å². The zero-order chi connectivity index (χ0) is 14.2. The highest BCUT2D eigenvalue weighted by atomic mass is 16.5. The van der Waals surface area contributed by atoms with Gasteiger partial charge in [-0.3, -0.25) is 0 Å². The molecule has 0 amide bonds. The number of benzene rings is 1. The van der Waals surface area contributed by atoms with Crippen LogP contribution in [0.15, 0.2) is 18.2 Å². The molecule has 1 aromatic heterocycles. The highest BCUT2D eigenvalue weighted by molar-refractivity contribution is 5.66. The Morgan fingerprint density at radius 1 is 1.40 bits per heavy atom. The molecule has 0 atom stereocenters. The Morgan fingerprint density at radius 3 is 2.80 bits per heavy atom. The zero-order valence-electron chi connectivity index (χ0n) is 11.8. The van der Waals surface area contributed by atoms with Crippen molar-refractivity contribution in [1.29, 1.82) is 0 Å². The van der Waals surface area contributed by atoms with Crippen LogP contribution in [0.3, 0.4) is 0 Å². The van der Waals surface area contributed by atoms with Crippen molar-refractivity contribution in [3.05, 3.63) is 18.2 Å². The summed E-state index contributed by atoms with van der Waals surface area (Å²) < 4.78 is 7.06. The first-order valence-electron chi connectivity index (χ1n) is 6.87. The number of nitrogen functional groups attached to an aromatic ring is 1. The SMILES string of the molecule is CCC1(Cn2nnnc2-c2ccc(OC)c(N)c2)CC1. The fourth-order valence-corrected chi connectivity index (χ4v) is 2.51. The number of anilines is 1. The summed E-state index contributed by atoms with van der Waals surface area (Å²) in [7, 11) is 1.60. The number of hydrogen-bond acceptors (Lipinski definition) is 5. The number of rotatable bonds is 5. The zero-order valence-corrected chi connectivity index (χ0v) is 11.8. The summed E-state index contributed by atoms with van der Waals surface area (Å²) in [4.78, 5) is 0. The lowest BCUT2D eigenvalue weighted by atomic mass is 10.0. The summed E-state index contributed by atoms with van der Waals surface area (Å²) in [6.45, 7) is 3.10. The number of tetrazole rings is 1. The molecule has 0 radical (unpaired) electrons. The van der Waals surface area contributed by atoms with Crippen LogP contribution in [0.5, 0.6) is 5.75 Å². The second-order valence-electron chi connectivity index (χ2n) is 5.47. The highest BCUT2D eigenvalue weighted by Gasteiger charge is 2.41. The van der Waals surface area contributed by atoms with Crippen molar-refractivity contribution in [2.45, 2.75) is 32.7 Å². The molecule has 2 N–H and O–H groups in total. The van der Waals surface area contributed by atoms with Crippen LogP contribution in [-0.2, 0) is 6.54 Å². The van der Waals surface area contributed by atoms with Gasteiger partial charge in [0.25, 0.3) is 0 Å². The molecule has 1 aliphatic rings. The van der Waals surface area contributed by atoms with Gasteiger partial charge in [0.15, 0.2) is 5.82 Å². The molecular formula is C14H19N5O. The van der Waals surface area contributed by atoms with Crippen molar-refractivity contribution in [2.75, 3.05) is 12.8 Å². The van der Waals surface area contributed by atoms with Gasteiger partial charge in [-0.2, -0.15) is 0 Å². The van der Waals surface area contributed by atoms with Gasteiger partial charge in [0.1, 0.15) is 5.75 Å². The predicted octanol–water partition coefficient (Wildman–Crippen LogP) is 2.12. The maximum atomic E-state index is 5.95. The Balaban J connectivity index is 1.91. The number of nitrogens with two attached hydrogens (primary N) is 1. The first-order chi connectivity index (χ1) is 9.67. The molecule has 1 heterocycles. The Kier molecular flexibility index (Phi) is 3.08. The number of nitrogens with zero attached hydrogens (tertiary/aromatic N) is 4. The molecule has 6 heteroatoms. The van der Waals surface area contributed by atoms with E-state index in [0.717, 1.165) is 24.4 Å². The molecule has 1 aromatic carbocycles. The molecule has 0 unspecified atom stereocenters. The first kappa shape index (κ1) is 12.9. The molecule has 20 heavy (non-hydrogen) atoms. The second-order valence-corrected chi connectivity index (χ2v) is 5.47. The Morgan fingerprint density at radius 2 is 2.20 bits per heavy atom. The molecule has 106 valence electrons. The van der Waals surface area contributed by atoms with Crippen molar-refractivity contribution >= 4 is 5.69 Å². The summed E-state index contributed by atoms with van der Waals surface area (Å²) in [5, 5.41) is 12.1. The van der Waals surface area contributed by atoms with Crippen LogP contribution in [-0.4, -0.2) is 27.3 Å². The van der Waals surface area contributed by atoms with Gasteiger partial charge in [0.2, 0.25) is 0 Å². The minimum absolute atomic E-state index is 0.391. The van der Waals surface area contributed by atoms with Crippen LogP contribution in [0.1, 0.15) is 26.2 Å². The fourth-order valence-electron chi connectivity index (χ4n) is 2.51. The summed E-state index contributed by atoms with van der Waals surface area (Å²) in [6.07, 6.45) is 3.68. The van der Waals surface area contributed by atoms with Crippen molar-refractivity contribution in [1.82, 2.24) is 20.2 Å². The van der Waals surface area contributed by atoms with Gasteiger partial charge in [-0.1, -0.05) is 6.92 Å². The molecule has 0 spiro atoms. The number of methoxy groups -OCH3 is 1. The van der Waals surface area contributed by atoms with Gasteiger partial charge in [-0.05, 0) is 53.3 Å². The van der Waals surface area contributed by atoms with E-state index < -0.39 is 0 Å². The van der Waals surface area contributed by atoms with Crippen LogP contribution in [0.4, 0.5) is 5.69 Å².